The van der Waals surface area contributed by atoms with Crippen LogP contribution in [0.5, 0.6) is 0 Å². The lowest BCUT2D eigenvalue weighted by Gasteiger charge is -2.53. The normalized spacial score (nSPS) is 48.6. The van der Waals surface area contributed by atoms with Crippen LogP contribution in [0, 0.1) is 0 Å². The molecule has 0 aliphatic carbocycles. The minimum Gasteiger partial charge on any atom is -0.477 e. The fourth-order valence-electron chi connectivity index (χ4n) is 15.0. The third-order valence-electron chi connectivity index (χ3n) is 22.2. The average molecular weight is 1790 g/mol. The zero-order chi connectivity index (χ0) is 89.7. The van der Waals surface area contributed by atoms with Gasteiger partial charge < -0.3 is 275 Å². The maximum Gasteiger partial charge on any atom is 0.364 e. The molecule has 9 heterocycles. The largest absolute Gasteiger partial charge is 0.477 e. The topological polar surface area (TPSA) is 943 Å². The van der Waals surface area contributed by atoms with E-state index in [-0.39, 0.29) is 0 Å². The Bertz CT molecular complexity index is 3090. The number of nitrogens with two attached hydrogens (primary N) is 2. The molecule has 0 aromatic rings. The van der Waals surface area contributed by atoms with E-state index in [2.05, 4.69) is 0 Å². The number of ether oxygens (including phenoxy) is 18. The van der Waals surface area contributed by atoms with E-state index in [1.165, 1.54) is 0 Å². The van der Waals surface area contributed by atoms with Gasteiger partial charge in [-0.05, 0) is 0 Å². The average Bonchev–Trinajstić information content (AvgIpc) is 0.760. The smallest absolute Gasteiger partial charge is 0.364 e. The molecule has 52 atom stereocenters. The number of carboxylic acids is 1. The highest BCUT2D eigenvalue weighted by Gasteiger charge is 2.64. The van der Waals surface area contributed by atoms with Crippen LogP contribution in [0.1, 0.15) is 6.42 Å². The van der Waals surface area contributed by atoms with E-state index in [4.69, 9.17) is 96.7 Å². The fourth-order valence-corrected chi connectivity index (χ4v) is 15.0. The van der Waals surface area contributed by atoms with Gasteiger partial charge in [-0.3, -0.25) is 0 Å². The Morgan fingerprint density at radius 2 is 0.694 bits per heavy atom. The molecular formula is C65H114N2O54. The summed E-state index contributed by atoms with van der Waals surface area (Å²) in [7, 11) is 0. The number of carbonyl (C=O) groups is 1. The van der Waals surface area contributed by atoms with Crippen molar-refractivity contribution in [2.24, 2.45) is 11.5 Å². The molecule has 9 rings (SSSR count). The van der Waals surface area contributed by atoms with E-state index in [9.17, 15) is 184 Å². The first-order valence-corrected chi connectivity index (χ1v) is 38.1. The quantitative estimate of drug-likeness (QED) is 0.0275. The Labute approximate surface area is 682 Å². The van der Waals surface area contributed by atoms with Gasteiger partial charge >= 0.3 is 5.97 Å². The summed E-state index contributed by atoms with van der Waals surface area (Å²) in [5.41, 5.74) is 11.6. The van der Waals surface area contributed by atoms with Gasteiger partial charge in [-0.2, -0.15) is 0 Å². The molecule has 9 aliphatic heterocycles. The Kier molecular flexibility index (Phi) is 37.3. The van der Waals surface area contributed by atoms with Gasteiger partial charge in [0.15, 0.2) is 50.3 Å². The van der Waals surface area contributed by atoms with Crippen LogP contribution in [0.25, 0.3) is 0 Å². The van der Waals surface area contributed by atoms with E-state index in [0.29, 0.717) is 0 Å². The first-order chi connectivity index (χ1) is 57.1. The molecular weight excluding hydrogens is 1670 g/mol. The highest BCUT2D eigenvalue weighted by molar-refractivity contribution is 5.76. The van der Waals surface area contributed by atoms with Crippen molar-refractivity contribution in [2.45, 2.75) is 325 Å². The second kappa shape index (κ2) is 44.3. The SMILES string of the molecule is N[C@H]1[C@H](OC[C@@H](O)[C@@H](O)[C@H](O)[C@@H](N)CO)O[C@H](CO[C@]2(C(=O)O)C[C@@H](O)[C@@H](O[C@H]3O[C@H]([C@@H](O)CO)[C@@H](O[C@@H]4O[C@H](CO)[C@@H](O)[C@H](O)[C@H]4O)[C@H](O[C@H]4O[C@H]([C@@H](O)CO)[C@@H](O)[C@H](O[C@H]5O[C@H](CO)[C@@H](O[C@@H]6O[C@H](CO)[C@@H](O[C@@H]7O[C@H](CO)[C@H](O)[C@H](O)[C@H]7O)[C@H](O)[C@H]6O)[C@H](O)[C@H]5O)[C@@H]4O[C@H]4O[C@H]([C@@H](O)CO)[C@@H](O)[C@H](O)[C@@H]4O)[C@@H]3O)[C@@H]([C@H](O)CO)O2)[C@@H](O)[C@@H]1O. The van der Waals surface area contributed by atoms with Gasteiger partial charge in [0.25, 0.3) is 5.79 Å². The number of aliphatic hydroxyl groups is 34. The molecule has 0 aromatic heterocycles. The second-order valence-corrected chi connectivity index (χ2v) is 30.4. The maximum absolute atomic E-state index is 13.5. The molecule has 9 aliphatic rings. The number of carboxylic acid groups (broad SMARTS) is 1. The number of aliphatic carboxylic acids is 1. The third kappa shape index (κ3) is 22.0. The van der Waals surface area contributed by atoms with Crippen molar-refractivity contribution in [3.05, 3.63) is 0 Å². The number of hydrogen-bond acceptors (Lipinski definition) is 55. The molecule has 0 unspecified atom stereocenters. The van der Waals surface area contributed by atoms with Crippen LogP contribution in [-0.2, 0) is 90.1 Å². The van der Waals surface area contributed by atoms with Crippen LogP contribution in [0.15, 0.2) is 0 Å². The van der Waals surface area contributed by atoms with Crippen molar-refractivity contribution >= 4 is 5.97 Å². The molecule has 0 spiro atoms. The molecule has 56 heteroatoms. The van der Waals surface area contributed by atoms with Crippen LogP contribution < -0.4 is 11.5 Å². The molecule has 121 heavy (non-hydrogen) atoms. The molecule has 708 valence electrons. The lowest BCUT2D eigenvalue weighted by atomic mass is 9.91. The Balaban J connectivity index is 1.06. The monoisotopic (exact) mass is 1790 g/mol. The lowest BCUT2D eigenvalue weighted by Crippen LogP contribution is -2.71. The van der Waals surface area contributed by atoms with Crippen LogP contribution >= 0.6 is 0 Å². The van der Waals surface area contributed by atoms with Gasteiger partial charge in [-0.1, -0.05) is 0 Å². The van der Waals surface area contributed by atoms with Gasteiger partial charge in [0.05, 0.1) is 97.0 Å². The summed E-state index contributed by atoms with van der Waals surface area (Å²) in [4.78, 5) is 13.5. The molecule has 9 fully saturated rings. The van der Waals surface area contributed by atoms with Gasteiger partial charge in [0.2, 0.25) is 0 Å². The van der Waals surface area contributed by atoms with Crippen LogP contribution in [-0.4, -0.2) is 576 Å². The van der Waals surface area contributed by atoms with Gasteiger partial charge in [-0.25, -0.2) is 4.79 Å². The predicted molar refractivity (Wildman–Crippen MR) is 365 cm³/mol. The zero-order valence-electron chi connectivity index (χ0n) is 63.5. The summed E-state index contributed by atoms with van der Waals surface area (Å²) < 4.78 is 105. The fraction of sp³-hybridized carbons (Fsp3) is 0.985. The lowest BCUT2D eigenvalue weighted by molar-refractivity contribution is -0.425. The van der Waals surface area contributed by atoms with E-state index >= 15 is 0 Å². The Morgan fingerprint density at radius 3 is 1.17 bits per heavy atom. The molecule has 0 aromatic carbocycles. The first-order valence-electron chi connectivity index (χ1n) is 38.1. The number of rotatable bonds is 37. The van der Waals surface area contributed by atoms with E-state index < -0.39 is 404 Å². The van der Waals surface area contributed by atoms with Gasteiger partial charge in [0, 0.05) is 6.42 Å². The van der Waals surface area contributed by atoms with E-state index in [1.807, 2.05) is 0 Å². The summed E-state index contributed by atoms with van der Waals surface area (Å²) in [5.74, 6) is -5.51. The molecule has 9 saturated heterocycles. The second-order valence-electron chi connectivity index (χ2n) is 30.4. The molecule has 56 nitrogen and oxygen atoms in total. The standard InChI is InChI=1S/C65H114N2O54/c66-13(2-68)26(83)27(84)19(82)11-104-56-25(67)31(88)30(87)24(110-56)12-105-65(64(102)103)1-14(77)47(49(121-65)18(81)6-72)113-62-44(101)53(54(48(114-62)17(80)5-71)119-58-39(96)33(90)29(86)21(8-74)107-58)118-63-55(120-61-40(97)34(91)35(92)45(111-61)15(78)3-69)52(43(100)46(112-63)16(79)4-70)117-60-42(99)37(94)51(23(10-76)109-60)116-59-41(98)36(93)50(22(9-75)108-59)115-57-38(95)32(89)28(85)20(7-73)106-57/h13-63,68-101H,1-12,66-67H2,(H,102,103)/t13-,14+,15-,16-,17-,18+,19+,20+,21+,22+,23+,24+,25+,26+,27+,28-,29+,30+,31+,32-,33-,34-,35-,36+,37+,38+,39+,40-,41+,42+,43+,44-,45+,46+,47+,48+,49+,50+,51+,52-,53+,54+,55-,56+,57-,58-,59-,60+,61+,62-,63+,65+/m0/s1. The molecule has 39 N–H and O–H groups in total. The highest BCUT2D eigenvalue weighted by atomic mass is 16.8. The minimum absolute atomic E-state index is 0.854. The Hall–Kier alpha value is -2.69. The predicted octanol–water partition coefficient (Wildman–Crippen LogP) is -25.3. The molecule has 0 radical (unpaired) electrons. The maximum atomic E-state index is 13.5. The Morgan fingerprint density at radius 1 is 0.339 bits per heavy atom. The van der Waals surface area contributed by atoms with Gasteiger partial charge in [0.1, 0.15) is 238 Å². The molecule has 0 saturated carbocycles. The number of hydrogen-bond donors (Lipinski definition) is 37. The van der Waals surface area contributed by atoms with Crippen molar-refractivity contribution in [1.82, 2.24) is 0 Å². The van der Waals surface area contributed by atoms with Gasteiger partial charge in [-0.15, -0.1) is 0 Å². The third-order valence-corrected chi connectivity index (χ3v) is 22.2. The number of aliphatic hydroxyl groups excluding tert-OH is 34. The summed E-state index contributed by atoms with van der Waals surface area (Å²) in [6.07, 6.45) is -116. The summed E-state index contributed by atoms with van der Waals surface area (Å²) >= 11 is 0. The molecule has 0 amide bonds. The summed E-state index contributed by atoms with van der Waals surface area (Å²) in [6.45, 7) is -13.4. The van der Waals surface area contributed by atoms with Crippen LogP contribution in [0.4, 0.5) is 0 Å². The van der Waals surface area contributed by atoms with E-state index in [0.717, 1.165) is 0 Å². The highest BCUT2D eigenvalue weighted by Crippen LogP contribution is 2.44. The van der Waals surface area contributed by atoms with Crippen molar-refractivity contribution in [3.8, 4) is 0 Å². The van der Waals surface area contributed by atoms with Crippen LogP contribution in [0.2, 0.25) is 0 Å². The summed E-state index contributed by atoms with van der Waals surface area (Å²) in [6, 6.07) is -3.18. The molecule has 0 bridgehead atoms. The van der Waals surface area contributed by atoms with E-state index in [1.54, 1.807) is 0 Å². The van der Waals surface area contributed by atoms with Crippen LogP contribution in [0.3, 0.4) is 0 Å². The van der Waals surface area contributed by atoms with Crippen molar-refractivity contribution in [3.63, 3.8) is 0 Å². The zero-order valence-corrected chi connectivity index (χ0v) is 63.5. The van der Waals surface area contributed by atoms with Crippen molar-refractivity contribution in [2.75, 3.05) is 72.7 Å². The first kappa shape index (κ1) is 102. The van der Waals surface area contributed by atoms with Crippen molar-refractivity contribution in [1.29, 1.82) is 0 Å². The minimum atomic E-state index is -3.32. The van der Waals surface area contributed by atoms with Crippen molar-refractivity contribution < 1.29 is 269 Å². The summed E-state index contributed by atoms with van der Waals surface area (Å²) in [5, 5.41) is 385.